The Kier molecular flexibility index (Phi) is 4.98. The lowest BCUT2D eigenvalue weighted by molar-refractivity contribution is -0.111. The van der Waals surface area contributed by atoms with Gasteiger partial charge < -0.3 is 10.4 Å². The summed E-state index contributed by atoms with van der Waals surface area (Å²) in [5, 5.41) is 15.3. The van der Waals surface area contributed by atoms with Crippen LogP contribution >= 0.6 is 34.5 Å². The number of benzene rings is 2. The monoisotopic (exact) mass is 429 g/mol. The highest BCUT2D eigenvalue weighted by atomic mass is 35.5. The molecule has 7 heteroatoms. The number of carbonyl (C=O) groups is 2. The fourth-order valence-corrected chi connectivity index (χ4v) is 4.69. The van der Waals surface area contributed by atoms with Crippen LogP contribution in [-0.2, 0) is 11.2 Å². The zero-order valence-electron chi connectivity index (χ0n) is 14.3. The number of carboxylic acids is 1. The zero-order chi connectivity index (χ0) is 19.8. The van der Waals surface area contributed by atoms with Gasteiger partial charge in [0.05, 0.1) is 0 Å². The molecule has 0 saturated heterocycles. The molecule has 2 N–H and O–H groups in total. The molecule has 140 valence electrons. The molecule has 0 fully saturated rings. The van der Waals surface area contributed by atoms with E-state index in [9.17, 15) is 14.7 Å². The van der Waals surface area contributed by atoms with Crippen LogP contribution in [0, 0.1) is 0 Å². The third-order valence-corrected chi connectivity index (χ3v) is 5.97. The molecule has 0 radical (unpaired) electrons. The number of aromatic carboxylic acids is 1. The lowest BCUT2D eigenvalue weighted by Crippen LogP contribution is -2.14. The Balaban J connectivity index is 1.69. The van der Waals surface area contributed by atoms with Crippen LogP contribution in [0.4, 0.5) is 5.00 Å². The van der Waals surface area contributed by atoms with E-state index >= 15 is 0 Å². The largest absolute Gasteiger partial charge is 0.478 e. The van der Waals surface area contributed by atoms with Crippen LogP contribution in [0.25, 0.3) is 16.7 Å². The van der Waals surface area contributed by atoms with Gasteiger partial charge in [-0.25, -0.2) is 4.79 Å². The second-order valence-corrected chi connectivity index (χ2v) is 7.94. The van der Waals surface area contributed by atoms with Gasteiger partial charge in [0.25, 0.3) is 5.91 Å². The van der Waals surface area contributed by atoms with E-state index in [2.05, 4.69) is 5.32 Å². The van der Waals surface area contributed by atoms with Crippen LogP contribution in [0.3, 0.4) is 0 Å². The summed E-state index contributed by atoms with van der Waals surface area (Å²) in [4.78, 5) is 24.7. The van der Waals surface area contributed by atoms with Gasteiger partial charge in [0.2, 0.25) is 0 Å². The molecular formula is C21H13Cl2NO3S. The molecule has 1 aromatic heterocycles. The van der Waals surface area contributed by atoms with Crippen LogP contribution < -0.4 is 5.32 Å². The molecule has 0 spiro atoms. The lowest BCUT2D eigenvalue weighted by Gasteiger charge is -2.09. The smallest absolute Gasteiger partial charge is 0.339 e. The molecule has 1 heterocycles. The number of anilines is 1. The minimum atomic E-state index is -1.14. The van der Waals surface area contributed by atoms with Gasteiger partial charge in [0.15, 0.2) is 0 Å². The molecule has 1 aliphatic rings. The summed E-state index contributed by atoms with van der Waals surface area (Å²) in [6.07, 6.45) is 2.53. The second kappa shape index (κ2) is 7.43. The fraction of sp³-hybridized carbons (Fsp3) is 0.0476. The quantitative estimate of drug-likeness (QED) is 0.534. The highest BCUT2D eigenvalue weighted by Crippen LogP contribution is 2.40. The summed E-state index contributed by atoms with van der Waals surface area (Å²) in [5.74, 6) is -1.47. The Labute approximate surface area is 175 Å². The molecule has 0 bridgehead atoms. The average molecular weight is 430 g/mol. The molecule has 3 aromatic rings. The van der Waals surface area contributed by atoms with Crippen molar-refractivity contribution in [1.29, 1.82) is 0 Å². The maximum absolute atomic E-state index is 12.8. The molecule has 2 aromatic carbocycles. The van der Waals surface area contributed by atoms with Crippen molar-refractivity contribution < 1.29 is 14.7 Å². The molecule has 0 aliphatic heterocycles. The topological polar surface area (TPSA) is 66.4 Å². The number of thiophene rings is 1. The third-order valence-electron chi connectivity index (χ3n) is 4.53. The van der Waals surface area contributed by atoms with E-state index in [0.717, 1.165) is 22.5 Å². The number of fused-ring (bicyclic) bond motifs is 1. The number of hydrogen-bond donors (Lipinski definition) is 2. The first-order chi connectivity index (χ1) is 13.5. The molecule has 4 nitrogen and oxygen atoms in total. The van der Waals surface area contributed by atoms with Gasteiger partial charge in [0.1, 0.15) is 10.6 Å². The molecule has 0 unspecified atom stereocenters. The number of rotatable bonds is 4. The molecule has 0 saturated carbocycles. The number of amides is 1. The summed E-state index contributed by atoms with van der Waals surface area (Å²) in [7, 11) is 0. The molecule has 4 rings (SSSR count). The lowest BCUT2D eigenvalue weighted by atomic mass is 10.0. The van der Waals surface area contributed by atoms with E-state index in [1.54, 1.807) is 23.6 Å². The second-order valence-electron chi connectivity index (χ2n) is 6.22. The van der Waals surface area contributed by atoms with Gasteiger partial charge in [-0.3, -0.25) is 4.79 Å². The predicted octanol–water partition coefficient (Wildman–Crippen LogP) is 6.00. The van der Waals surface area contributed by atoms with Crippen LogP contribution in [0.15, 0.2) is 53.9 Å². The maximum Gasteiger partial charge on any atom is 0.339 e. The van der Waals surface area contributed by atoms with Gasteiger partial charge in [-0.05, 0) is 29.7 Å². The number of carboxylic acid groups (broad SMARTS) is 1. The van der Waals surface area contributed by atoms with Crippen LogP contribution in [0.5, 0.6) is 0 Å². The number of carbonyl (C=O) groups excluding carboxylic acids is 1. The van der Waals surface area contributed by atoms with Crippen LogP contribution in [-0.4, -0.2) is 17.0 Å². The highest BCUT2D eigenvalue weighted by molar-refractivity contribution is 7.15. The fourth-order valence-electron chi connectivity index (χ4n) is 3.24. The van der Waals surface area contributed by atoms with Crippen LogP contribution in [0.2, 0.25) is 10.0 Å². The van der Waals surface area contributed by atoms with Crippen molar-refractivity contribution >= 4 is 57.0 Å². The van der Waals surface area contributed by atoms with Crippen molar-refractivity contribution in [1.82, 2.24) is 0 Å². The standard InChI is InChI=1S/C21H13Cl2NO3S/c22-12-6-8-14(17(23)9-12)16-10-28-20(18(16)21(26)27)24-19(25)15-7-5-11-3-1-2-4-13(11)15/h1-4,6-10H,5H2,(H,24,25)(H,26,27). The molecule has 1 amide bonds. The summed E-state index contributed by atoms with van der Waals surface area (Å²) in [5.41, 5.74) is 3.49. The van der Waals surface area contributed by atoms with Crippen molar-refractivity contribution in [3.63, 3.8) is 0 Å². The Bertz CT molecular complexity index is 1150. The first-order valence-electron chi connectivity index (χ1n) is 8.35. The summed E-state index contributed by atoms with van der Waals surface area (Å²) in [6, 6.07) is 12.5. The number of allylic oxidation sites excluding steroid dienone is 1. The average Bonchev–Trinajstić information content (AvgIpc) is 3.26. The number of halogens is 2. The van der Waals surface area contributed by atoms with E-state index in [0.29, 0.717) is 33.2 Å². The Morgan fingerprint density at radius 3 is 2.57 bits per heavy atom. The van der Waals surface area contributed by atoms with Gasteiger partial charge in [-0.2, -0.15) is 0 Å². The van der Waals surface area contributed by atoms with Crippen molar-refractivity contribution in [3.05, 3.63) is 80.7 Å². The van der Waals surface area contributed by atoms with Crippen molar-refractivity contribution in [2.75, 3.05) is 5.32 Å². The van der Waals surface area contributed by atoms with E-state index < -0.39 is 5.97 Å². The molecular weight excluding hydrogens is 417 g/mol. The van der Waals surface area contributed by atoms with Gasteiger partial charge in [-0.15, -0.1) is 11.3 Å². The third kappa shape index (κ3) is 3.33. The molecule has 1 aliphatic carbocycles. The normalized spacial score (nSPS) is 12.4. The minimum absolute atomic E-state index is 0.00875. The van der Waals surface area contributed by atoms with E-state index in [-0.39, 0.29) is 16.5 Å². The van der Waals surface area contributed by atoms with Crippen molar-refractivity contribution in [3.8, 4) is 11.1 Å². The summed E-state index contributed by atoms with van der Waals surface area (Å²) < 4.78 is 0. The van der Waals surface area contributed by atoms with E-state index in [4.69, 9.17) is 23.2 Å². The first-order valence-corrected chi connectivity index (χ1v) is 9.99. The number of hydrogen-bond acceptors (Lipinski definition) is 3. The maximum atomic E-state index is 12.8. The predicted molar refractivity (Wildman–Crippen MR) is 113 cm³/mol. The summed E-state index contributed by atoms with van der Waals surface area (Å²) in [6.45, 7) is 0. The Morgan fingerprint density at radius 2 is 1.82 bits per heavy atom. The highest BCUT2D eigenvalue weighted by Gasteiger charge is 2.25. The van der Waals surface area contributed by atoms with E-state index in [1.165, 1.54) is 0 Å². The van der Waals surface area contributed by atoms with Gasteiger partial charge in [-0.1, -0.05) is 59.6 Å². The zero-order valence-corrected chi connectivity index (χ0v) is 16.7. The SMILES string of the molecule is O=C(Nc1scc(-c2ccc(Cl)cc2Cl)c1C(=O)O)C1=CCc2ccccc21. The van der Waals surface area contributed by atoms with Gasteiger partial charge in [0, 0.05) is 32.1 Å². The van der Waals surface area contributed by atoms with Crippen molar-refractivity contribution in [2.45, 2.75) is 6.42 Å². The molecule has 0 atom stereocenters. The Hall–Kier alpha value is -2.60. The van der Waals surface area contributed by atoms with Gasteiger partial charge >= 0.3 is 5.97 Å². The van der Waals surface area contributed by atoms with E-state index in [1.807, 2.05) is 30.3 Å². The summed E-state index contributed by atoms with van der Waals surface area (Å²) >= 11 is 13.3. The first kappa shape index (κ1) is 18.7. The molecule has 28 heavy (non-hydrogen) atoms. The number of nitrogens with one attached hydrogen (secondary N) is 1. The van der Waals surface area contributed by atoms with Crippen molar-refractivity contribution in [2.24, 2.45) is 0 Å². The Morgan fingerprint density at radius 1 is 1.04 bits per heavy atom. The van der Waals surface area contributed by atoms with Crippen LogP contribution in [0.1, 0.15) is 21.5 Å². The minimum Gasteiger partial charge on any atom is -0.478 e.